The molecular weight excluding hydrogens is 621 g/mol. The number of hydrogen-bond acceptors (Lipinski definition) is 5. The monoisotopic (exact) mass is 652 g/mol. The first-order valence-electron chi connectivity index (χ1n) is 12.6. The van der Waals surface area contributed by atoms with Crippen molar-refractivity contribution >= 4 is 57.9 Å². The predicted octanol–water partition coefficient (Wildman–Crippen LogP) is 7.48. The average molecular weight is 654 g/mol. The maximum atomic E-state index is 15.3. The molecule has 0 aliphatic heterocycles. The van der Waals surface area contributed by atoms with Crippen molar-refractivity contribution in [1.29, 1.82) is 5.26 Å². The van der Waals surface area contributed by atoms with Gasteiger partial charge in [-0.25, -0.2) is 9.35 Å². The lowest BCUT2D eigenvalue weighted by Gasteiger charge is -2.38. The molecule has 0 aliphatic rings. The highest BCUT2D eigenvalue weighted by Gasteiger charge is 2.42. The quantitative estimate of drug-likeness (QED) is 0.154. The molecule has 8 nitrogen and oxygen atoms in total. The number of rotatable bonds is 12. The van der Waals surface area contributed by atoms with Gasteiger partial charge < -0.3 is 10.4 Å². The Bertz CT molecular complexity index is 1400. The number of carbonyl (C=O) groups is 1. The highest BCUT2D eigenvalue weighted by Crippen LogP contribution is 2.53. The lowest BCUT2D eigenvalue weighted by Crippen LogP contribution is -2.41. The Morgan fingerprint density at radius 1 is 1.12 bits per heavy atom. The van der Waals surface area contributed by atoms with Crippen LogP contribution in [0.2, 0.25) is 0 Å². The molecule has 40 heavy (non-hydrogen) atoms. The zero-order chi connectivity index (χ0) is 29.6. The molecule has 0 saturated heterocycles. The summed E-state index contributed by atoms with van der Waals surface area (Å²) in [6.07, 6.45) is 0.126. The van der Waals surface area contributed by atoms with Gasteiger partial charge in [0.15, 0.2) is 0 Å². The van der Waals surface area contributed by atoms with Crippen LogP contribution in [0, 0.1) is 18.3 Å². The summed E-state index contributed by atoms with van der Waals surface area (Å²) in [6, 6.07) is 14.8. The number of alkyl halides is 2. The van der Waals surface area contributed by atoms with Crippen LogP contribution in [0.15, 0.2) is 57.9 Å². The van der Waals surface area contributed by atoms with E-state index in [1.54, 1.807) is 43.3 Å². The first-order valence-corrected chi connectivity index (χ1v) is 15.9. The summed E-state index contributed by atoms with van der Waals surface area (Å²) in [7, 11) is -3.76. The van der Waals surface area contributed by atoms with Crippen LogP contribution in [-0.2, 0) is 11.1 Å². The highest BCUT2D eigenvalue weighted by atomic mass is 79.9. The summed E-state index contributed by atoms with van der Waals surface area (Å²) in [5.74, 6) is -2.75. The molecule has 0 saturated carbocycles. The van der Waals surface area contributed by atoms with Crippen molar-refractivity contribution in [3.05, 3.63) is 64.3 Å². The number of anilines is 2. The molecule has 0 fully saturated rings. The van der Waals surface area contributed by atoms with Crippen LogP contribution in [0.1, 0.15) is 50.2 Å². The molecule has 1 aromatic heterocycles. The number of benzene rings is 2. The fourth-order valence-corrected chi connectivity index (χ4v) is 8.48. The van der Waals surface area contributed by atoms with Crippen molar-refractivity contribution in [2.45, 2.75) is 70.3 Å². The molecule has 0 radical (unpaired) electrons. The van der Waals surface area contributed by atoms with Gasteiger partial charge in [0.2, 0.25) is 0 Å². The van der Waals surface area contributed by atoms with Crippen molar-refractivity contribution in [3.8, 4) is 6.07 Å². The number of carbonyl (C=O) groups excluding carboxylic acids is 1. The molecule has 0 aliphatic carbocycles. The lowest BCUT2D eigenvalue weighted by atomic mass is 10.2. The van der Waals surface area contributed by atoms with Crippen molar-refractivity contribution in [3.63, 3.8) is 0 Å². The van der Waals surface area contributed by atoms with E-state index in [0.29, 0.717) is 38.9 Å². The van der Waals surface area contributed by atoms with Gasteiger partial charge in [-0.15, -0.1) is 0 Å². The molecule has 0 spiro atoms. The third-order valence-corrected chi connectivity index (χ3v) is 10.4. The van der Waals surface area contributed by atoms with Gasteiger partial charge in [-0.2, -0.15) is 19.1 Å². The van der Waals surface area contributed by atoms with Gasteiger partial charge in [0.25, 0.3) is 19.1 Å². The Morgan fingerprint density at radius 3 is 2.25 bits per heavy atom. The Labute approximate surface area is 246 Å². The number of thioether (sulfide) groups is 1. The van der Waals surface area contributed by atoms with Gasteiger partial charge >= 0.3 is 0 Å². The van der Waals surface area contributed by atoms with Crippen LogP contribution < -0.4 is 15.7 Å². The summed E-state index contributed by atoms with van der Waals surface area (Å²) in [5, 5.41) is 20.2. The topological polar surface area (TPSA) is 103 Å². The molecule has 0 bridgehead atoms. The molecule has 3 aromatic rings. The smallest absolute Gasteiger partial charge is 0.288 e. The van der Waals surface area contributed by atoms with Gasteiger partial charge in [-0.3, -0.25) is 9.36 Å². The first kappa shape index (κ1) is 31.8. The van der Waals surface area contributed by atoms with E-state index in [1.165, 1.54) is 16.8 Å². The van der Waals surface area contributed by atoms with Crippen molar-refractivity contribution < 1.29 is 18.1 Å². The summed E-state index contributed by atoms with van der Waals surface area (Å²) in [4.78, 5) is 13.7. The van der Waals surface area contributed by atoms with E-state index in [4.69, 9.17) is 0 Å². The van der Waals surface area contributed by atoms with E-state index in [9.17, 15) is 18.8 Å². The van der Waals surface area contributed by atoms with Crippen LogP contribution in [0.5, 0.6) is 0 Å². The van der Waals surface area contributed by atoms with Gasteiger partial charge in [-0.1, -0.05) is 27.7 Å². The van der Waals surface area contributed by atoms with Crippen LogP contribution in [-0.4, -0.2) is 38.2 Å². The Kier molecular flexibility index (Phi) is 11.0. The minimum Gasteiger partial charge on any atom is -0.321 e. The van der Waals surface area contributed by atoms with Crippen molar-refractivity contribution in [2.24, 2.45) is 0 Å². The van der Waals surface area contributed by atoms with E-state index in [0.717, 1.165) is 4.47 Å². The van der Waals surface area contributed by atoms with E-state index in [1.807, 2.05) is 32.4 Å². The van der Waals surface area contributed by atoms with Gasteiger partial charge in [0.05, 0.1) is 24.7 Å². The minimum atomic E-state index is -3.76. The van der Waals surface area contributed by atoms with Gasteiger partial charge in [-0.05, 0) is 83.1 Å². The third kappa shape index (κ3) is 7.52. The summed E-state index contributed by atoms with van der Waals surface area (Å²) < 4.78 is 45.2. The standard InChI is InChI=1S/C27H32BrF2N6O2PS/c1-17(2)36(18(3)4)39(38,34-22-11-13-23(14-12-22)40-27(29)30)24-19(5)33-35(16-6-15-31)25(24)32-26(37)20-7-9-21(28)10-8-20/h7-14,17-18,27H,6,16H2,1-5H3,(H,32,37)(H,34,38). The maximum Gasteiger partial charge on any atom is 0.288 e. The van der Waals surface area contributed by atoms with E-state index in [2.05, 4.69) is 37.5 Å². The number of amides is 1. The SMILES string of the molecule is Cc1nn(CCC#N)c(NC(=O)c2ccc(Br)cc2)c1P(=O)(Nc1ccc(SC(F)F)cc1)N(C(C)C)C(C)C. The van der Waals surface area contributed by atoms with Gasteiger partial charge in [0, 0.05) is 32.7 Å². The third-order valence-electron chi connectivity index (χ3n) is 5.92. The van der Waals surface area contributed by atoms with E-state index in [-0.39, 0.29) is 30.9 Å². The minimum absolute atomic E-state index is 0.126. The molecule has 2 N–H and O–H groups in total. The number of halogens is 3. The second kappa shape index (κ2) is 13.8. The van der Waals surface area contributed by atoms with Gasteiger partial charge in [0.1, 0.15) is 11.1 Å². The number of nitrogens with one attached hydrogen (secondary N) is 2. The normalized spacial score (nSPS) is 13.1. The summed E-state index contributed by atoms with van der Waals surface area (Å²) in [6.45, 7) is 9.58. The van der Waals surface area contributed by atoms with Crippen LogP contribution in [0.25, 0.3) is 0 Å². The maximum absolute atomic E-state index is 15.3. The molecule has 1 heterocycles. The highest BCUT2D eigenvalue weighted by molar-refractivity contribution is 9.10. The predicted molar refractivity (Wildman–Crippen MR) is 161 cm³/mol. The molecule has 1 amide bonds. The second-order valence-electron chi connectivity index (χ2n) is 9.53. The fourth-order valence-electron chi connectivity index (χ4n) is 4.52. The molecule has 1 unspecified atom stereocenters. The Morgan fingerprint density at radius 2 is 1.73 bits per heavy atom. The molecule has 13 heteroatoms. The number of nitrogens with zero attached hydrogens (tertiary/aromatic N) is 4. The molecule has 2 aromatic carbocycles. The Balaban J connectivity index is 2.19. The zero-order valence-electron chi connectivity index (χ0n) is 22.9. The molecule has 3 rings (SSSR count). The summed E-state index contributed by atoms with van der Waals surface area (Å²) in [5.41, 5.74) is 1.28. The van der Waals surface area contributed by atoms with Crippen LogP contribution in [0.3, 0.4) is 0 Å². The molecule has 1 atom stereocenters. The van der Waals surface area contributed by atoms with E-state index < -0.39 is 19.1 Å². The van der Waals surface area contributed by atoms with Crippen LogP contribution in [0.4, 0.5) is 20.3 Å². The lowest BCUT2D eigenvalue weighted by molar-refractivity contribution is 0.102. The fraction of sp³-hybridized carbons (Fsp3) is 0.370. The molecular formula is C27H32BrF2N6O2PS. The number of aryl methyl sites for hydroxylation is 2. The molecule has 214 valence electrons. The zero-order valence-corrected chi connectivity index (χ0v) is 26.2. The number of hydrogen-bond donors (Lipinski definition) is 2. The second-order valence-corrected chi connectivity index (χ2v) is 13.8. The first-order chi connectivity index (χ1) is 18.9. The largest absolute Gasteiger partial charge is 0.321 e. The van der Waals surface area contributed by atoms with Crippen molar-refractivity contribution in [2.75, 3.05) is 10.4 Å². The van der Waals surface area contributed by atoms with E-state index >= 15 is 4.57 Å². The number of nitriles is 1. The summed E-state index contributed by atoms with van der Waals surface area (Å²) >= 11 is 3.80. The van der Waals surface area contributed by atoms with Crippen LogP contribution >= 0.6 is 35.1 Å². The average Bonchev–Trinajstić information content (AvgIpc) is 3.18. The number of aromatic nitrogens is 2. The Hall–Kier alpha value is -2.71. The van der Waals surface area contributed by atoms with Crippen molar-refractivity contribution in [1.82, 2.24) is 14.5 Å².